The van der Waals surface area contributed by atoms with Crippen molar-refractivity contribution in [2.24, 2.45) is 0 Å². The lowest BCUT2D eigenvalue weighted by Crippen LogP contribution is -3.08. The van der Waals surface area contributed by atoms with Gasteiger partial charge in [-0.25, -0.2) is 0 Å². The van der Waals surface area contributed by atoms with Crippen molar-refractivity contribution in [3.8, 4) is 11.5 Å². The van der Waals surface area contributed by atoms with Crippen molar-refractivity contribution in [2.75, 3.05) is 25.7 Å². The minimum atomic E-state index is -0.00137. The molecule has 0 saturated carbocycles. The highest BCUT2D eigenvalue weighted by Crippen LogP contribution is 2.32. The molecule has 0 aliphatic carbocycles. The fraction of sp³-hybridized carbons (Fsp3) is 0.190. The summed E-state index contributed by atoms with van der Waals surface area (Å²) in [6.45, 7) is 1.40. The molecule has 3 aromatic rings. The Balaban J connectivity index is 1.36. The van der Waals surface area contributed by atoms with Crippen LogP contribution in [0.2, 0.25) is 0 Å². The first kappa shape index (κ1) is 16.4. The lowest BCUT2D eigenvalue weighted by Gasteiger charge is -2.14. The summed E-state index contributed by atoms with van der Waals surface area (Å²) in [7, 11) is 2.00. The minimum absolute atomic E-state index is 0.00137. The zero-order chi connectivity index (χ0) is 17.9. The number of nitrogens with one attached hydrogen (secondary N) is 2. The number of amides is 1. The molecule has 26 heavy (non-hydrogen) atoms. The highest BCUT2D eigenvalue weighted by molar-refractivity contribution is 5.94. The Bertz CT molecular complexity index is 955. The van der Waals surface area contributed by atoms with Crippen LogP contribution in [0.1, 0.15) is 5.56 Å². The molecule has 2 N–H and O–H groups in total. The van der Waals surface area contributed by atoms with E-state index in [9.17, 15) is 4.79 Å². The second-order valence-electron chi connectivity index (χ2n) is 6.61. The van der Waals surface area contributed by atoms with Crippen LogP contribution in [0.15, 0.2) is 60.7 Å². The van der Waals surface area contributed by atoms with Gasteiger partial charge in [0.2, 0.25) is 6.79 Å². The number of rotatable bonds is 5. The first-order valence-corrected chi connectivity index (χ1v) is 8.66. The Morgan fingerprint density at radius 3 is 2.69 bits per heavy atom. The van der Waals surface area contributed by atoms with Gasteiger partial charge in [0, 0.05) is 11.3 Å². The number of hydrogen-bond donors (Lipinski definition) is 2. The molecule has 1 amide bonds. The van der Waals surface area contributed by atoms with Gasteiger partial charge >= 0.3 is 0 Å². The third-order valence-corrected chi connectivity index (χ3v) is 4.44. The van der Waals surface area contributed by atoms with E-state index in [0.717, 1.165) is 45.0 Å². The van der Waals surface area contributed by atoms with Gasteiger partial charge in [0.25, 0.3) is 5.91 Å². The van der Waals surface area contributed by atoms with E-state index >= 15 is 0 Å². The van der Waals surface area contributed by atoms with Gasteiger partial charge in [-0.05, 0) is 41.1 Å². The van der Waals surface area contributed by atoms with Gasteiger partial charge < -0.3 is 19.7 Å². The van der Waals surface area contributed by atoms with E-state index in [-0.39, 0.29) is 12.7 Å². The Hall–Kier alpha value is -3.05. The van der Waals surface area contributed by atoms with E-state index in [1.54, 1.807) is 0 Å². The van der Waals surface area contributed by atoms with Gasteiger partial charge in [-0.1, -0.05) is 30.3 Å². The second kappa shape index (κ2) is 7.06. The zero-order valence-electron chi connectivity index (χ0n) is 14.6. The van der Waals surface area contributed by atoms with Crippen LogP contribution >= 0.6 is 0 Å². The molecule has 5 nitrogen and oxygen atoms in total. The quantitative estimate of drug-likeness (QED) is 0.743. The van der Waals surface area contributed by atoms with Gasteiger partial charge in [-0.3, -0.25) is 4.79 Å². The third kappa shape index (κ3) is 3.63. The highest BCUT2D eigenvalue weighted by Gasteiger charge is 2.16. The number of carbonyl (C=O) groups excluding carboxylic acids is 1. The molecule has 1 unspecified atom stereocenters. The maximum atomic E-state index is 12.4. The Morgan fingerprint density at radius 2 is 1.81 bits per heavy atom. The van der Waals surface area contributed by atoms with E-state index in [4.69, 9.17) is 9.47 Å². The molecule has 132 valence electrons. The van der Waals surface area contributed by atoms with Crippen molar-refractivity contribution in [1.29, 1.82) is 0 Å². The maximum absolute atomic E-state index is 12.4. The third-order valence-electron chi connectivity index (χ3n) is 4.44. The number of quaternary nitrogens is 1. The molecular weight excluding hydrogens is 328 g/mol. The fourth-order valence-corrected chi connectivity index (χ4v) is 3.21. The summed E-state index contributed by atoms with van der Waals surface area (Å²) < 4.78 is 10.7. The van der Waals surface area contributed by atoms with E-state index < -0.39 is 0 Å². The summed E-state index contributed by atoms with van der Waals surface area (Å²) in [6, 6.07) is 20.0. The van der Waals surface area contributed by atoms with Crippen molar-refractivity contribution < 1.29 is 19.2 Å². The number of likely N-dealkylation sites (N-methyl/N-ethyl adjacent to an activating group) is 1. The largest absolute Gasteiger partial charge is 0.454 e. The number of carbonyl (C=O) groups is 1. The Kier molecular flexibility index (Phi) is 4.46. The number of benzene rings is 3. The summed E-state index contributed by atoms with van der Waals surface area (Å²) >= 11 is 0. The SMILES string of the molecule is C[NH+](CC(=O)Nc1ccc2ccccc2c1)Cc1ccc2c(c1)OCO2. The topological polar surface area (TPSA) is 52.0 Å². The zero-order valence-corrected chi connectivity index (χ0v) is 14.6. The average Bonchev–Trinajstić information content (AvgIpc) is 3.09. The monoisotopic (exact) mass is 349 g/mol. The Morgan fingerprint density at radius 1 is 1.00 bits per heavy atom. The molecule has 5 heteroatoms. The molecule has 1 heterocycles. The van der Waals surface area contributed by atoms with Crippen LogP contribution in [-0.2, 0) is 11.3 Å². The number of ether oxygens (including phenoxy) is 2. The maximum Gasteiger partial charge on any atom is 0.279 e. The molecule has 0 bridgehead atoms. The van der Waals surface area contributed by atoms with Crippen LogP contribution in [0.5, 0.6) is 11.5 Å². The summed E-state index contributed by atoms with van der Waals surface area (Å²) in [5.41, 5.74) is 1.94. The van der Waals surface area contributed by atoms with E-state index in [1.807, 2.05) is 61.6 Å². The van der Waals surface area contributed by atoms with Gasteiger partial charge in [0.1, 0.15) is 6.54 Å². The number of anilines is 1. The van der Waals surface area contributed by atoms with E-state index in [0.29, 0.717) is 6.54 Å². The number of hydrogen-bond acceptors (Lipinski definition) is 3. The van der Waals surface area contributed by atoms with Gasteiger partial charge in [0.05, 0.1) is 7.05 Å². The van der Waals surface area contributed by atoms with Crippen LogP contribution < -0.4 is 19.7 Å². The van der Waals surface area contributed by atoms with E-state index in [1.165, 1.54) is 0 Å². The predicted octanol–water partition coefficient (Wildman–Crippen LogP) is 2.22. The van der Waals surface area contributed by atoms with Crippen molar-refractivity contribution in [3.63, 3.8) is 0 Å². The van der Waals surface area contributed by atoms with Gasteiger partial charge in [-0.15, -0.1) is 0 Å². The molecule has 0 radical (unpaired) electrons. The minimum Gasteiger partial charge on any atom is -0.454 e. The van der Waals surface area contributed by atoms with E-state index in [2.05, 4.69) is 11.4 Å². The van der Waals surface area contributed by atoms with Crippen molar-refractivity contribution in [3.05, 3.63) is 66.2 Å². The summed E-state index contributed by atoms with van der Waals surface area (Å²) in [5.74, 6) is 1.55. The lowest BCUT2D eigenvalue weighted by atomic mass is 10.1. The molecule has 3 aromatic carbocycles. The highest BCUT2D eigenvalue weighted by atomic mass is 16.7. The van der Waals surface area contributed by atoms with Crippen LogP contribution in [0.25, 0.3) is 10.8 Å². The first-order chi connectivity index (χ1) is 12.7. The summed E-state index contributed by atoms with van der Waals surface area (Å²) in [4.78, 5) is 13.5. The van der Waals surface area contributed by atoms with Crippen LogP contribution in [0, 0.1) is 0 Å². The van der Waals surface area contributed by atoms with Crippen molar-refractivity contribution in [1.82, 2.24) is 0 Å². The van der Waals surface area contributed by atoms with Crippen LogP contribution in [-0.4, -0.2) is 26.3 Å². The molecule has 4 rings (SSSR count). The second-order valence-corrected chi connectivity index (χ2v) is 6.61. The standard InChI is InChI=1S/C21H20N2O3/c1-23(12-15-6-9-19-20(10-15)26-14-25-19)13-21(24)22-18-8-7-16-4-2-3-5-17(16)11-18/h2-11H,12-14H2,1H3,(H,22,24)/p+1. The molecule has 1 aliphatic heterocycles. The van der Waals surface area contributed by atoms with Gasteiger partial charge in [-0.2, -0.15) is 0 Å². The van der Waals surface area contributed by atoms with Crippen molar-refractivity contribution in [2.45, 2.75) is 6.54 Å². The Labute approximate surface area is 152 Å². The normalized spacial score (nSPS) is 13.6. The average molecular weight is 349 g/mol. The molecule has 0 aromatic heterocycles. The summed E-state index contributed by atoms with van der Waals surface area (Å²) in [5, 5.41) is 5.27. The molecule has 0 fully saturated rings. The molecule has 1 aliphatic rings. The number of fused-ring (bicyclic) bond motifs is 2. The first-order valence-electron chi connectivity index (χ1n) is 8.66. The molecule has 0 spiro atoms. The molecule has 1 atom stereocenters. The predicted molar refractivity (Wildman–Crippen MR) is 101 cm³/mol. The lowest BCUT2D eigenvalue weighted by molar-refractivity contribution is -0.885. The molecular formula is C21H21N2O3+. The van der Waals surface area contributed by atoms with Crippen molar-refractivity contribution >= 4 is 22.4 Å². The van der Waals surface area contributed by atoms with Crippen LogP contribution in [0.4, 0.5) is 5.69 Å². The molecule has 0 saturated heterocycles. The fourth-order valence-electron chi connectivity index (χ4n) is 3.21. The van der Waals surface area contributed by atoms with Gasteiger partial charge in [0.15, 0.2) is 18.0 Å². The summed E-state index contributed by atoms with van der Waals surface area (Å²) in [6.07, 6.45) is 0. The van der Waals surface area contributed by atoms with Crippen LogP contribution in [0.3, 0.4) is 0 Å². The smallest absolute Gasteiger partial charge is 0.279 e.